The maximum Gasteiger partial charge on any atom is 0.306 e. The van der Waals surface area contributed by atoms with Gasteiger partial charge in [0, 0.05) is 19.3 Å². The smallest absolute Gasteiger partial charge is 0.306 e. The third-order valence-corrected chi connectivity index (χ3v) is 14.5. The lowest BCUT2D eigenvalue weighted by Crippen LogP contribution is -2.55. The molecule has 0 aliphatic heterocycles. The quantitative estimate of drug-likeness (QED) is 0.0340. The molecule has 0 N–H and O–H groups in total. The van der Waals surface area contributed by atoms with E-state index in [0.717, 1.165) is 38.5 Å². The first-order chi connectivity index (χ1) is 33.6. The normalized spacial score (nSPS) is 12.7. The highest BCUT2D eigenvalue weighted by Gasteiger charge is 2.25. The van der Waals surface area contributed by atoms with Crippen LogP contribution in [0.3, 0.4) is 0 Å². The number of rotatable bonds is 57. The summed E-state index contributed by atoms with van der Waals surface area (Å²) < 4.78 is 17.3. The summed E-state index contributed by atoms with van der Waals surface area (Å²) in [6.07, 6.45) is 60.1. The summed E-state index contributed by atoms with van der Waals surface area (Å²) in [5.41, 5.74) is 0. The van der Waals surface area contributed by atoms with E-state index in [1.807, 2.05) is 21.1 Å². The molecule has 0 aromatic carbocycles. The Hall–Kier alpha value is -1.67. The van der Waals surface area contributed by atoms with E-state index in [-0.39, 0.29) is 42.7 Å². The van der Waals surface area contributed by atoms with Crippen LogP contribution in [0.2, 0.25) is 0 Å². The van der Waals surface area contributed by atoms with Gasteiger partial charge in [0.05, 0.1) is 40.3 Å². The van der Waals surface area contributed by atoms with Crippen LogP contribution in [0.15, 0.2) is 0 Å². The van der Waals surface area contributed by atoms with Gasteiger partial charge in [0.1, 0.15) is 12.6 Å². The highest BCUT2D eigenvalue weighted by atomic mass is 16.6. The van der Waals surface area contributed by atoms with Crippen molar-refractivity contribution in [3.05, 3.63) is 0 Å². The van der Waals surface area contributed by atoms with Crippen LogP contribution in [0.1, 0.15) is 322 Å². The van der Waals surface area contributed by atoms with Gasteiger partial charge in [-0.3, -0.25) is 9.59 Å². The molecule has 0 bridgehead atoms. The van der Waals surface area contributed by atoms with Crippen LogP contribution in [0.5, 0.6) is 0 Å². The number of carboxylic acid groups (broad SMARTS) is 1. The molecule has 0 aromatic heterocycles. The zero-order chi connectivity index (χ0) is 50.6. The van der Waals surface area contributed by atoms with Crippen LogP contribution in [0.25, 0.3) is 0 Å². The van der Waals surface area contributed by atoms with Crippen LogP contribution in [-0.4, -0.2) is 75.5 Å². The number of carbonyl (C=O) groups excluding carboxylic acids is 3. The highest BCUT2D eigenvalue weighted by Crippen LogP contribution is 2.18. The fourth-order valence-electron chi connectivity index (χ4n) is 9.78. The van der Waals surface area contributed by atoms with Gasteiger partial charge < -0.3 is 28.6 Å². The minimum atomic E-state index is -1.12. The number of unbranched alkanes of at least 4 members (excludes halogenated alkanes) is 43. The minimum absolute atomic E-state index is 0.0503. The number of esters is 2. The van der Waals surface area contributed by atoms with E-state index in [0.29, 0.717) is 12.8 Å². The van der Waals surface area contributed by atoms with Gasteiger partial charge in [-0.15, -0.1) is 0 Å². The van der Waals surface area contributed by atoms with Crippen LogP contribution >= 0.6 is 0 Å². The molecule has 0 aromatic rings. The molecule has 0 spiro atoms. The molecule has 0 saturated carbocycles. The Morgan fingerprint density at radius 2 is 0.638 bits per heavy atom. The van der Waals surface area contributed by atoms with Crippen LogP contribution in [0.4, 0.5) is 0 Å². The predicted molar refractivity (Wildman–Crippen MR) is 291 cm³/mol. The maximum atomic E-state index is 12.8. The van der Waals surface area contributed by atoms with Crippen molar-refractivity contribution in [3.63, 3.8) is 0 Å². The monoisotopic (exact) mass is 978 g/mol. The van der Waals surface area contributed by atoms with Gasteiger partial charge in [-0.1, -0.05) is 290 Å². The number of hydrogen-bond donors (Lipinski definition) is 0. The zero-order valence-electron chi connectivity index (χ0n) is 47.0. The van der Waals surface area contributed by atoms with Gasteiger partial charge in [-0.05, 0) is 12.8 Å². The van der Waals surface area contributed by atoms with E-state index in [2.05, 4.69) is 13.8 Å². The summed E-state index contributed by atoms with van der Waals surface area (Å²) in [5.74, 6) is -1.70. The Balaban J connectivity index is 4.07. The second-order valence-electron chi connectivity index (χ2n) is 22.3. The number of likely N-dealkylation sites (N-methyl/N-ethyl adjacent to an activating group) is 1. The lowest BCUT2D eigenvalue weighted by Gasteiger charge is -2.34. The van der Waals surface area contributed by atoms with Crippen LogP contribution < -0.4 is 5.11 Å². The molecule has 0 aliphatic carbocycles. The summed E-state index contributed by atoms with van der Waals surface area (Å²) in [6, 6.07) is -0.721. The topological polar surface area (TPSA) is 102 Å². The maximum absolute atomic E-state index is 12.8. The fraction of sp³-hybridized carbons (Fsp3) is 0.951. The highest BCUT2D eigenvalue weighted by molar-refractivity contribution is 5.70. The first-order valence-electron chi connectivity index (χ1n) is 30.6. The Bertz CT molecular complexity index is 1090. The predicted octanol–water partition coefficient (Wildman–Crippen LogP) is 17.0. The number of aliphatic carboxylic acids is 1. The molecule has 8 nitrogen and oxygen atoms in total. The Morgan fingerprint density at radius 3 is 0.899 bits per heavy atom. The van der Waals surface area contributed by atoms with Gasteiger partial charge in [0.15, 0.2) is 6.10 Å². The summed E-state index contributed by atoms with van der Waals surface area (Å²) >= 11 is 0. The van der Waals surface area contributed by atoms with Crippen molar-refractivity contribution in [3.8, 4) is 0 Å². The van der Waals surface area contributed by atoms with Gasteiger partial charge >= 0.3 is 11.9 Å². The number of ether oxygens (including phenoxy) is 3. The molecule has 410 valence electrons. The summed E-state index contributed by atoms with van der Waals surface area (Å²) in [5, 5.41) is 11.7. The van der Waals surface area contributed by atoms with Crippen molar-refractivity contribution < 1.29 is 38.2 Å². The Morgan fingerprint density at radius 1 is 0.377 bits per heavy atom. The van der Waals surface area contributed by atoms with Gasteiger partial charge in [-0.25, -0.2) is 0 Å². The van der Waals surface area contributed by atoms with Gasteiger partial charge in [0.25, 0.3) is 0 Å². The average molecular weight is 979 g/mol. The van der Waals surface area contributed by atoms with Crippen LogP contribution in [-0.2, 0) is 28.6 Å². The van der Waals surface area contributed by atoms with Crippen molar-refractivity contribution in [2.45, 2.75) is 334 Å². The SMILES string of the molecule is CCCCCCCCCCCCCCCCCCCCCCCCCC(=O)OC(COCCC(C(=O)[O-])[N+](C)(C)C)COC(=O)CCCCCCCCCCCCCCCCCCCCCCCC. The van der Waals surface area contributed by atoms with E-state index >= 15 is 0 Å². The third-order valence-electron chi connectivity index (χ3n) is 14.5. The summed E-state index contributed by atoms with van der Waals surface area (Å²) in [7, 11) is 5.44. The molecular formula is C61H119NO7. The Labute approximate surface area is 429 Å². The van der Waals surface area contributed by atoms with E-state index < -0.39 is 18.1 Å². The fourth-order valence-corrected chi connectivity index (χ4v) is 9.78. The lowest BCUT2D eigenvalue weighted by molar-refractivity contribution is -0.889. The molecule has 0 aliphatic rings. The molecule has 0 amide bonds. The molecule has 2 unspecified atom stereocenters. The number of nitrogens with zero attached hydrogens (tertiary/aromatic N) is 1. The first kappa shape index (κ1) is 67.3. The largest absolute Gasteiger partial charge is 0.544 e. The van der Waals surface area contributed by atoms with Crippen molar-refractivity contribution >= 4 is 17.9 Å². The first-order valence-corrected chi connectivity index (χ1v) is 30.6. The Kier molecular flexibility index (Phi) is 51.4. The molecule has 0 saturated heterocycles. The third kappa shape index (κ3) is 51.0. The molecule has 0 fully saturated rings. The van der Waals surface area contributed by atoms with Crippen LogP contribution in [0, 0.1) is 0 Å². The second-order valence-corrected chi connectivity index (χ2v) is 22.3. The molecule has 2 atom stereocenters. The van der Waals surface area contributed by atoms with Crippen molar-refractivity contribution in [2.75, 3.05) is 41.0 Å². The molecule has 0 radical (unpaired) electrons. The average Bonchev–Trinajstić information content (AvgIpc) is 3.31. The molecular weight excluding hydrogens is 859 g/mol. The van der Waals surface area contributed by atoms with E-state index in [4.69, 9.17) is 14.2 Å². The number of carboxylic acids is 1. The molecule has 8 heteroatoms. The van der Waals surface area contributed by atoms with Crippen molar-refractivity contribution in [2.24, 2.45) is 0 Å². The standard InChI is InChI=1S/C61H119NO7/c1-6-8-10-12-14-16-18-20-22-24-26-28-30-32-34-36-38-40-42-44-46-48-50-52-60(64)69-57(55-67-54-53-58(61(65)66)62(3,4)5)56-68-59(63)51-49-47-45-43-41-39-37-35-33-31-29-27-25-23-21-19-17-15-13-11-9-7-2/h57-58H,6-56H2,1-5H3. The molecule has 0 heterocycles. The van der Waals surface area contributed by atoms with E-state index in [9.17, 15) is 19.5 Å². The second kappa shape index (κ2) is 52.6. The van der Waals surface area contributed by atoms with E-state index in [1.54, 1.807) is 0 Å². The minimum Gasteiger partial charge on any atom is -0.544 e. The van der Waals surface area contributed by atoms with E-state index in [1.165, 1.54) is 250 Å². The number of carbonyl (C=O) groups is 3. The molecule has 69 heavy (non-hydrogen) atoms. The summed E-state index contributed by atoms with van der Waals surface area (Å²) in [6.45, 7) is 4.75. The van der Waals surface area contributed by atoms with Gasteiger partial charge in [0.2, 0.25) is 0 Å². The molecule has 0 rings (SSSR count). The lowest BCUT2D eigenvalue weighted by atomic mass is 10.0. The number of quaternary nitrogens is 1. The van der Waals surface area contributed by atoms with Crippen molar-refractivity contribution in [1.82, 2.24) is 0 Å². The van der Waals surface area contributed by atoms with Gasteiger partial charge in [-0.2, -0.15) is 0 Å². The van der Waals surface area contributed by atoms with Crippen molar-refractivity contribution in [1.29, 1.82) is 0 Å². The number of hydrogen-bond acceptors (Lipinski definition) is 7. The zero-order valence-corrected chi connectivity index (χ0v) is 47.0. The summed E-state index contributed by atoms with van der Waals surface area (Å²) in [4.78, 5) is 37.2.